The molecular formula is C27H28F3N7O5. The summed E-state index contributed by atoms with van der Waals surface area (Å²) in [6.07, 6.45) is -2.96. The zero-order chi connectivity index (χ0) is 32.7. The fourth-order valence-electron chi connectivity index (χ4n) is 5.18. The molecule has 1 fully saturated rings. The number of para-hydroxylation sites is 1. The smallest absolute Gasteiger partial charge is 0.418 e. The number of carbonyl (C=O) groups excluding carboxylic acids is 2. The Labute approximate surface area is 241 Å². The third-order valence-corrected chi connectivity index (χ3v) is 6.99. The molecule has 3 aromatic heterocycles. The van der Waals surface area contributed by atoms with Gasteiger partial charge >= 0.3 is 18.0 Å². The summed E-state index contributed by atoms with van der Waals surface area (Å²) < 4.78 is 77.0. The van der Waals surface area contributed by atoms with Crippen LogP contribution in [0.25, 0.3) is 21.9 Å². The van der Waals surface area contributed by atoms with Crippen LogP contribution in [0.3, 0.4) is 0 Å². The number of ether oxygens (including phenoxy) is 2. The molecule has 0 spiro atoms. The second-order valence-corrected chi connectivity index (χ2v) is 9.71. The first-order valence-electron chi connectivity index (χ1n) is 14.3. The number of aryl methyl sites for hydroxylation is 1. The summed E-state index contributed by atoms with van der Waals surface area (Å²) in [6.45, 7) is -3.19. The van der Waals surface area contributed by atoms with Crippen LogP contribution in [0.1, 0.15) is 35.0 Å². The topological polar surface area (TPSA) is 141 Å². The molecule has 42 heavy (non-hydrogen) atoms. The molecule has 1 aromatic carbocycles. The number of pyridine rings is 2. The Kier molecular flexibility index (Phi) is 6.76. The summed E-state index contributed by atoms with van der Waals surface area (Å²) in [6, 6.07) is 5.35. The van der Waals surface area contributed by atoms with Gasteiger partial charge < -0.3 is 25.4 Å². The molecule has 0 saturated heterocycles. The number of aromatic nitrogens is 4. The molecule has 0 aliphatic heterocycles. The van der Waals surface area contributed by atoms with E-state index in [1.54, 1.807) is 0 Å². The van der Waals surface area contributed by atoms with Crippen molar-refractivity contribution in [3.05, 3.63) is 52.6 Å². The lowest BCUT2D eigenvalue weighted by Gasteiger charge is -2.16. The number of alkyl carbamates (subject to hydrolysis) is 1. The SMILES string of the molecule is [2H]C([2H])([2H])n1c(=O)n([C@@H]2CC[C@@H](NC(=O)OC)C2)c2cc(Nc3cc(NC(=O)COC)c4cccc(C(F)(F)F)c4n3)ncc21. The number of alkyl halides is 3. The predicted octanol–water partition coefficient (Wildman–Crippen LogP) is 4.08. The minimum absolute atomic E-state index is 0.00766. The summed E-state index contributed by atoms with van der Waals surface area (Å²) in [5.74, 6) is -0.697. The van der Waals surface area contributed by atoms with Gasteiger partial charge in [0.2, 0.25) is 5.91 Å². The maximum atomic E-state index is 13.9. The van der Waals surface area contributed by atoms with Crippen LogP contribution in [0.15, 0.2) is 41.3 Å². The summed E-state index contributed by atoms with van der Waals surface area (Å²) in [7, 11) is 2.52. The van der Waals surface area contributed by atoms with Crippen molar-refractivity contribution in [2.24, 2.45) is 6.98 Å². The Morgan fingerprint density at radius 1 is 1.17 bits per heavy atom. The second kappa shape index (κ2) is 11.3. The van der Waals surface area contributed by atoms with E-state index < -0.39 is 48.0 Å². The third-order valence-electron chi connectivity index (χ3n) is 6.99. The van der Waals surface area contributed by atoms with Crippen molar-refractivity contribution in [2.45, 2.75) is 37.5 Å². The van der Waals surface area contributed by atoms with Gasteiger partial charge in [0.1, 0.15) is 18.2 Å². The van der Waals surface area contributed by atoms with Gasteiger partial charge in [-0.15, -0.1) is 0 Å². The third kappa shape index (κ3) is 5.59. The van der Waals surface area contributed by atoms with E-state index in [1.807, 2.05) is 0 Å². The fraction of sp³-hybridized carbons (Fsp3) is 0.370. The van der Waals surface area contributed by atoms with Crippen molar-refractivity contribution in [1.29, 1.82) is 0 Å². The highest BCUT2D eigenvalue weighted by atomic mass is 19.4. The maximum absolute atomic E-state index is 13.9. The van der Waals surface area contributed by atoms with Gasteiger partial charge in [0.05, 0.1) is 41.1 Å². The number of halogens is 3. The van der Waals surface area contributed by atoms with Gasteiger partial charge in [-0.3, -0.25) is 13.9 Å². The largest absolute Gasteiger partial charge is 0.453 e. The lowest BCUT2D eigenvalue weighted by Crippen LogP contribution is -2.33. The van der Waals surface area contributed by atoms with Gasteiger partial charge in [0.25, 0.3) is 0 Å². The molecule has 3 N–H and O–H groups in total. The Morgan fingerprint density at radius 3 is 2.69 bits per heavy atom. The molecule has 0 unspecified atom stereocenters. The molecule has 12 nitrogen and oxygen atoms in total. The minimum Gasteiger partial charge on any atom is -0.453 e. The van der Waals surface area contributed by atoms with Crippen molar-refractivity contribution < 1.29 is 36.3 Å². The van der Waals surface area contributed by atoms with E-state index in [0.717, 1.165) is 6.07 Å². The Morgan fingerprint density at radius 2 is 1.98 bits per heavy atom. The number of nitrogens with zero attached hydrogens (tertiary/aromatic N) is 4. The number of hydrogen-bond donors (Lipinski definition) is 3. The molecule has 1 saturated carbocycles. The quantitative estimate of drug-likeness (QED) is 0.293. The summed E-state index contributed by atoms with van der Waals surface area (Å²) in [5, 5.41) is 8.08. The van der Waals surface area contributed by atoms with Gasteiger partial charge in [0.15, 0.2) is 0 Å². The van der Waals surface area contributed by atoms with Crippen molar-refractivity contribution in [1.82, 2.24) is 24.4 Å². The van der Waals surface area contributed by atoms with Gasteiger partial charge in [-0.1, -0.05) is 12.1 Å². The molecule has 1 aliphatic rings. The van der Waals surface area contributed by atoms with Crippen molar-refractivity contribution in [3.8, 4) is 0 Å². The predicted molar refractivity (Wildman–Crippen MR) is 148 cm³/mol. The van der Waals surface area contributed by atoms with Crippen molar-refractivity contribution in [3.63, 3.8) is 0 Å². The number of amides is 2. The van der Waals surface area contributed by atoms with Crippen LogP contribution in [0, 0.1) is 0 Å². The molecular weight excluding hydrogens is 559 g/mol. The van der Waals surface area contributed by atoms with Gasteiger partial charge in [-0.25, -0.2) is 19.6 Å². The fourth-order valence-corrected chi connectivity index (χ4v) is 5.18. The van der Waals surface area contributed by atoms with Crippen molar-refractivity contribution >= 4 is 51.3 Å². The number of fused-ring (bicyclic) bond motifs is 2. The van der Waals surface area contributed by atoms with Crippen LogP contribution in [0.2, 0.25) is 0 Å². The number of rotatable bonds is 7. The van der Waals surface area contributed by atoms with Crippen LogP contribution in [0.4, 0.5) is 35.3 Å². The number of nitrogens with one attached hydrogen (secondary N) is 3. The lowest BCUT2D eigenvalue weighted by molar-refractivity contribution is -0.136. The molecule has 3 heterocycles. The van der Waals surface area contributed by atoms with E-state index >= 15 is 0 Å². The van der Waals surface area contributed by atoms with Crippen LogP contribution in [0.5, 0.6) is 0 Å². The Hall–Kier alpha value is -4.66. The van der Waals surface area contributed by atoms with E-state index in [1.165, 1.54) is 49.2 Å². The first kappa shape index (κ1) is 25.1. The van der Waals surface area contributed by atoms with E-state index in [4.69, 9.17) is 8.85 Å². The minimum atomic E-state index is -4.76. The molecule has 222 valence electrons. The van der Waals surface area contributed by atoms with E-state index in [0.29, 0.717) is 23.8 Å². The zero-order valence-corrected chi connectivity index (χ0v) is 22.4. The van der Waals surface area contributed by atoms with Crippen LogP contribution in [-0.2, 0) is 27.4 Å². The number of imidazole rings is 1. The molecule has 0 radical (unpaired) electrons. The molecule has 2 amide bonds. The number of benzene rings is 1. The highest BCUT2D eigenvalue weighted by molar-refractivity contribution is 6.03. The van der Waals surface area contributed by atoms with Crippen LogP contribution < -0.4 is 21.6 Å². The van der Waals surface area contributed by atoms with E-state index in [-0.39, 0.29) is 46.4 Å². The first-order chi connectivity index (χ1) is 21.2. The molecule has 5 rings (SSSR count). The number of methoxy groups -OCH3 is 2. The summed E-state index contributed by atoms with van der Waals surface area (Å²) >= 11 is 0. The highest BCUT2D eigenvalue weighted by Gasteiger charge is 2.34. The van der Waals surface area contributed by atoms with Gasteiger partial charge in [-0.05, 0) is 25.3 Å². The average molecular weight is 591 g/mol. The van der Waals surface area contributed by atoms with Gasteiger partial charge in [-0.2, -0.15) is 13.2 Å². The lowest BCUT2D eigenvalue weighted by atomic mass is 10.1. The molecule has 15 heteroatoms. The zero-order valence-electron chi connectivity index (χ0n) is 25.4. The average Bonchev–Trinajstić information content (AvgIpc) is 3.52. The maximum Gasteiger partial charge on any atom is 0.418 e. The molecule has 4 aromatic rings. The molecule has 2 atom stereocenters. The van der Waals surface area contributed by atoms with Gasteiger partial charge in [0, 0.05) is 47.8 Å². The monoisotopic (exact) mass is 590 g/mol. The van der Waals surface area contributed by atoms with E-state index in [9.17, 15) is 27.6 Å². The number of hydrogen-bond acceptors (Lipinski definition) is 8. The number of carbonyl (C=O) groups is 2. The van der Waals surface area contributed by atoms with Crippen molar-refractivity contribution in [2.75, 3.05) is 31.5 Å². The molecule has 0 bridgehead atoms. The van der Waals surface area contributed by atoms with E-state index in [2.05, 4.69) is 30.7 Å². The van der Waals surface area contributed by atoms with Crippen LogP contribution >= 0.6 is 0 Å². The first-order valence-corrected chi connectivity index (χ1v) is 12.8. The Bertz CT molecular complexity index is 1840. The highest BCUT2D eigenvalue weighted by Crippen LogP contribution is 2.38. The Balaban J connectivity index is 1.60. The number of anilines is 3. The molecule has 1 aliphatic carbocycles. The summed E-state index contributed by atoms with van der Waals surface area (Å²) in [4.78, 5) is 45.9. The standard InChI is InChI=1S/C27H28F3N7O5/c1-36-20-12-31-21(11-19(20)37(26(36)40)15-8-7-14(9-15)32-25(39)42-3)34-22-10-18(33-23(38)13-41-2)16-5-4-6-17(24(16)35-22)27(28,29)30/h4-6,10-12,14-15H,7-9,13H2,1-3H3,(H,32,39)(H2,31,33,34,35,38)/t14-,15-/m1/s1/i1D3. The normalized spacial score (nSPS) is 18.4. The second-order valence-electron chi connectivity index (χ2n) is 9.71. The summed E-state index contributed by atoms with van der Waals surface area (Å²) in [5.41, 5.74) is -2.05. The van der Waals surface area contributed by atoms with Crippen LogP contribution in [-0.4, -0.2) is 58.0 Å².